The van der Waals surface area contributed by atoms with Crippen molar-refractivity contribution in [3.63, 3.8) is 0 Å². The van der Waals surface area contributed by atoms with E-state index < -0.39 is 0 Å². The predicted molar refractivity (Wildman–Crippen MR) is 117 cm³/mol. The number of fused-ring (bicyclic) bond motifs is 2. The van der Waals surface area contributed by atoms with Crippen LogP contribution in [0.3, 0.4) is 0 Å². The second kappa shape index (κ2) is 8.69. The maximum absolute atomic E-state index is 12.5. The van der Waals surface area contributed by atoms with Crippen LogP contribution in [0.15, 0.2) is 42.5 Å². The lowest BCUT2D eigenvalue weighted by atomic mass is 9.89. The largest absolute Gasteiger partial charge is 0.469 e. The third-order valence-electron chi connectivity index (χ3n) is 5.21. The van der Waals surface area contributed by atoms with E-state index in [1.54, 1.807) is 0 Å². The Balaban J connectivity index is 0.00000225. The fourth-order valence-electron chi connectivity index (χ4n) is 3.97. The van der Waals surface area contributed by atoms with Crippen molar-refractivity contribution in [2.75, 3.05) is 7.11 Å². The van der Waals surface area contributed by atoms with Gasteiger partial charge in [0.2, 0.25) is 0 Å². The van der Waals surface area contributed by atoms with Crippen LogP contribution in [-0.4, -0.2) is 18.1 Å². The summed E-state index contributed by atoms with van der Waals surface area (Å²) in [5.74, 6) is -0.585. The highest BCUT2D eigenvalue weighted by atomic mass is 35.5. The van der Waals surface area contributed by atoms with E-state index in [0.29, 0.717) is 10.0 Å². The Labute approximate surface area is 180 Å². The molecule has 1 aliphatic carbocycles. The predicted octanol–water partition coefficient (Wildman–Crippen LogP) is 6.61. The van der Waals surface area contributed by atoms with Gasteiger partial charge in [0.25, 0.3) is 0 Å². The number of esters is 1. The van der Waals surface area contributed by atoms with Crippen molar-refractivity contribution in [1.82, 2.24) is 4.98 Å². The molecule has 3 aromatic rings. The van der Waals surface area contributed by atoms with Crippen LogP contribution in [0.5, 0.6) is 0 Å². The number of aromatic nitrogens is 1. The Morgan fingerprint density at radius 2 is 1.93 bits per heavy atom. The molecule has 0 N–H and O–H groups in total. The molecule has 0 bridgehead atoms. The van der Waals surface area contributed by atoms with E-state index in [4.69, 9.17) is 32.9 Å². The molecule has 0 saturated heterocycles. The van der Waals surface area contributed by atoms with Crippen LogP contribution >= 0.6 is 35.6 Å². The highest BCUT2D eigenvalue weighted by molar-refractivity contribution is 6.34. The molecule has 0 spiro atoms. The monoisotopic (exact) mass is 435 g/mol. The highest BCUT2D eigenvalue weighted by Crippen LogP contribution is 2.42. The van der Waals surface area contributed by atoms with Gasteiger partial charge in [-0.2, -0.15) is 0 Å². The van der Waals surface area contributed by atoms with Crippen molar-refractivity contribution in [3.05, 3.63) is 63.8 Å². The summed E-state index contributed by atoms with van der Waals surface area (Å²) in [5.41, 5.74) is 4.66. The van der Waals surface area contributed by atoms with Crippen molar-refractivity contribution in [2.24, 2.45) is 0 Å². The van der Waals surface area contributed by atoms with E-state index in [1.165, 1.54) is 7.11 Å². The number of hydrogen-bond acceptors (Lipinski definition) is 3. The van der Waals surface area contributed by atoms with Crippen molar-refractivity contribution in [2.45, 2.75) is 31.6 Å². The molecule has 1 heterocycles. The molecule has 2 aromatic carbocycles. The quantitative estimate of drug-likeness (QED) is 0.335. The fourth-order valence-corrected chi connectivity index (χ4v) is 4.37. The van der Waals surface area contributed by atoms with Crippen LogP contribution in [0.25, 0.3) is 22.0 Å². The normalized spacial score (nSPS) is 16.0. The summed E-state index contributed by atoms with van der Waals surface area (Å²) < 4.78 is 5.08. The summed E-state index contributed by atoms with van der Waals surface area (Å²) in [6, 6.07) is 13.4. The Bertz CT molecular complexity index is 1040. The topological polar surface area (TPSA) is 39.2 Å². The molecule has 4 rings (SSSR count). The molecule has 0 amide bonds. The van der Waals surface area contributed by atoms with Crippen LogP contribution in [0.2, 0.25) is 10.0 Å². The van der Waals surface area contributed by atoms with E-state index >= 15 is 0 Å². The van der Waals surface area contributed by atoms with Gasteiger partial charge in [-0.15, -0.1) is 12.4 Å². The number of rotatable bonds is 2. The van der Waals surface area contributed by atoms with Gasteiger partial charge in [-0.3, -0.25) is 9.78 Å². The first kappa shape index (κ1) is 20.9. The molecule has 1 aromatic heterocycles. The molecule has 1 atom stereocenters. The van der Waals surface area contributed by atoms with E-state index in [2.05, 4.69) is 0 Å². The third kappa shape index (κ3) is 3.71. The van der Waals surface area contributed by atoms with Crippen LogP contribution < -0.4 is 0 Å². The number of hydrogen-bond donors (Lipinski definition) is 0. The minimum Gasteiger partial charge on any atom is -0.469 e. The van der Waals surface area contributed by atoms with Crippen LogP contribution in [-0.2, 0) is 16.0 Å². The molecule has 1 unspecified atom stereocenters. The number of benzene rings is 2. The van der Waals surface area contributed by atoms with Crippen molar-refractivity contribution in [3.8, 4) is 11.1 Å². The highest BCUT2D eigenvalue weighted by Gasteiger charge is 2.30. The summed E-state index contributed by atoms with van der Waals surface area (Å²) >= 11 is 12.9. The van der Waals surface area contributed by atoms with Gasteiger partial charge < -0.3 is 4.74 Å². The Hall–Kier alpha value is -1.81. The summed E-state index contributed by atoms with van der Waals surface area (Å²) in [6.07, 6.45) is 3.54. The van der Waals surface area contributed by atoms with E-state index in [1.807, 2.05) is 42.5 Å². The molecule has 3 nitrogen and oxygen atoms in total. The van der Waals surface area contributed by atoms with Gasteiger partial charge in [0.1, 0.15) is 0 Å². The first-order chi connectivity index (χ1) is 13.1. The van der Waals surface area contributed by atoms with Crippen LogP contribution in [0.1, 0.15) is 36.4 Å². The lowest BCUT2D eigenvalue weighted by Gasteiger charge is -2.20. The molecule has 28 heavy (non-hydrogen) atoms. The SMILES string of the molecule is COC(=O)C1CCCCc2c1nc1ccc(Cl)cc1c2-c1ccccc1Cl.Cl. The van der Waals surface area contributed by atoms with Crippen molar-refractivity contribution >= 4 is 52.5 Å². The fraction of sp³-hybridized carbons (Fsp3) is 0.273. The van der Waals surface area contributed by atoms with Gasteiger partial charge in [-0.1, -0.05) is 47.8 Å². The second-order valence-electron chi connectivity index (χ2n) is 6.81. The number of halogens is 3. The number of pyridine rings is 1. The van der Waals surface area contributed by atoms with E-state index in [0.717, 1.165) is 59.0 Å². The maximum Gasteiger partial charge on any atom is 0.314 e. The molecule has 0 aliphatic heterocycles. The van der Waals surface area contributed by atoms with Gasteiger partial charge in [-0.25, -0.2) is 0 Å². The minimum atomic E-state index is -0.353. The van der Waals surface area contributed by atoms with Gasteiger partial charge in [0, 0.05) is 21.0 Å². The number of carbonyl (C=O) groups is 1. The number of methoxy groups -OCH3 is 1. The zero-order chi connectivity index (χ0) is 19.0. The van der Waals surface area contributed by atoms with Gasteiger partial charge in [-0.05, 0) is 54.7 Å². The molecule has 146 valence electrons. The van der Waals surface area contributed by atoms with Gasteiger partial charge >= 0.3 is 5.97 Å². The van der Waals surface area contributed by atoms with Crippen LogP contribution in [0, 0.1) is 0 Å². The molecule has 6 heteroatoms. The number of carbonyl (C=O) groups excluding carboxylic acids is 1. The zero-order valence-corrected chi connectivity index (χ0v) is 17.7. The lowest BCUT2D eigenvalue weighted by Crippen LogP contribution is -2.17. The lowest BCUT2D eigenvalue weighted by molar-refractivity contribution is -0.142. The van der Waals surface area contributed by atoms with Gasteiger partial charge in [0.15, 0.2) is 0 Å². The number of ether oxygens (including phenoxy) is 1. The van der Waals surface area contributed by atoms with Crippen molar-refractivity contribution < 1.29 is 9.53 Å². The molecule has 1 aliphatic rings. The summed E-state index contributed by atoms with van der Waals surface area (Å²) in [4.78, 5) is 17.4. The molecular formula is C22H20Cl3NO2. The third-order valence-corrected chi connectivity index (χ3v) is 5.77. The summed E-state index contributed by atoms with van der Waals surface area (Å²) in [6.45, 7) is 0. The second-order valence-corrected chi connectivity index (χ2v) is 7.66. The maximum atomic E-state index is 12.5. The number of nitrogens with zero attached hydrogens (tertiary/aromatic N) is 1. The van der Waals surface area contributed by atoms with E-state index in [-0.39, 0.29) is 24.3 Å². The average molecular weight is 437 g/mol. The molecular weight excluding hydrogens is 417 g/mol. The Morgan fingerprint density at radius 3 is 2.68 bits per heavy atom. The first-order valence-electron chi connectivity index (χ1n) is 9.05. The standard InChI is InChI=1S/C22H19Cl2NO2.ClH/c1-27-22(26)16-8-3-2-7-15-20(14-6-4-5-9-18(14)24)17-12-13(23)10-11-19(17)25-21(15)16;/h4-6,9-12,16H,2-3,7-8H2,1H3;1H. The van der Waals surface area contributed by atoms with Gasteiger partial charge in [0.05, 0.1) is 24.2 Å². The first-order valence-corrected chi connectivity index (χ1v) is 9.80. The smallest absolute Gasteiger partial charge is 0.314 e. The Kier molecular flexibility index (Phi) is 6.49. The summed E-state index contributed by atoms with van der Waals surface area (Å²) in [7, 11) is 1.43. The average Bonchev–Trinajstić information content (AvgIpc) is 2.89. The van der Waals surface area contributed by atoms with Crippen molar-refractivity contribution in [1.29, 1.82) is 0 Å². The Morgan fingerprint density at radius 1 is 1.14 bits per heavy atom. The van der Waals surface area contributed by atoms with E-state index in [9.17, 15) is 4.79 Å². The molecule has 0 saturated carbocycles. The molecule has 0 fully saturated rings. The molecule has 0 radical (unpaired) electrons. The minimum absolute atomic E-state index is 0. The van der Waals surface area contributed by atoms with Crippen LogP contribution in [0.4, 0.5) is 0 Å². The summed E-state index contributed by atoms with van der Waals surface area (Å²) in [5, 5.41) is 2.28. The zero-order valence-electron chi connectivity index (χ0n) is 15.4.